The minimum atomic E-state index is 0.305. The van der Waals surface area contributed by atoms with Crippen LogP contribution >= 0.6 is 11.6 Å². The first-order chi connectivity index (χ1) is 8.72. The van der Waals surface area contributed by atoms with Crippen molar-refractivity contribution in [3.63, 3.8) is 0 Å². The van der Waals surface area contributed by atoms with Crippen LogP contribution in [0.5, 0.6) is 17.4 Å². The van der Waals surface area contributed by atoms with Gasteiger partial charge in [-0.05, 0) is 19.1 Å². The van der Waals surface area contributed by atoms with E-state index in [4.69, 9.17) is 21.1 Å². The van der Waals surface area contributed by atoms with E-state index in [1.54, 1.807) is 26.3 Å². The molecule has 1 aromatic carbocycles. The normalized spacial score (nSPS) is 10.2. The van der Waals surface area contributed by atoms with E-state index in [9.17, 15) is 0 Å². The van der Waals surface area contributed by atoms with E-state index in [1.165, 1.54) is 0 Å². The van der Waals surface area contributed by atoms with Crippen molar-refractivity contribution < 1.29 is 9.47 Å². The molecule has 1 heterocycles. The Morgan fingerprint density at radius 1 is 1.28 bits per heavy atom. The third-order valence-electron chi connectivity index (χ3n) is 2.34. The van der Waals surface area contributed by atoms with Crippen LogP contribution in [0.15, 0.2) is 30.5 Å². The molecule has 0 bridgehead atoms. The number of aryl methyl sites for hydroxylation is 1. The van der Waals surface area contributed by atoms with Gasteiger partial charge in [0.25, 0.3) is 0 Å². The maximum absolute atomic E-state index is 5.82. The topological polar surface area (TPSA) is 44.2 Å². The van der Waals surface area contributed by atoms with Gasteiger partial charge < -0.3 is 9.47 Å². The number of halogens is 1. The molecule has 0 aliphatic carbocycles. The van der Waals surface area contributed by atoms with Crippen molar-refractivity contribution in [1.29, 1.82) is 0 Å². The predicted octanol–water partition coefficient (Wildman–Crippen LogP) is 3.32. The fraction of sp³-hybridized carbons (Fsp3) is 0.231. The zero-order valence-corrected chi connectivity index (χ0v) is 10.9. The molecule has 2 rings (SSSR count). The number of rotatable bonds is 4. The van der Waals surface area contributed by atoms with Crippen LogP contribution in [-0.2, 0) is 5.88 Å². The second-order valence-corrected chi connectivity index (χ2v) is 3.93. The minimum Gasteiger partial charge on any atom is -0.497 e. The van der Waals surface area contributed by atoms with Crippen LogP contribution in [0.4, 0.5) is 0 Å². The third kappa shape index (κ3) is 2.90. The molecule has 0 spiro atoms. The number of ether oxygens (including phenoxy) is 2. The van der Waals surface area contributed by atoms with E-state index < -0.39 is 0 Å². The SMILES string of the molecule is COc1cccc(Oc2nc(C)ncc2CCl)c1. The largest absolute Gasteiger partial charge is 0.497 e. The molecule has 0 amide bonds. The maximum atomic E-state index is 5.82. The molecule has 1 aromatic heterocycles. The van der Waals surface area contributed by atoms with E-state index in [0.29, 0.717) is 23.3 Å². The number of aromatic nitrogens is 2. The molecule has 0 aliphatic rings. The molecule has 18 heavy (non-hydrogen) atoms. The molecule has 0 N–H and O–H groups in total. The van der Waals surface area contributed by atoms with Crippen LogP contribution in [0.3, 0.4) is 0 Å². The van der Waals surface area contributed by atoms with Crippen LogP contribution in [0.2, 0.25) is 0 Å². The molecule has 0 atom stereocenters. The van der Waals surface area contributed by atoms with Gasteiger partial charge in [-0.15, -0.1) is 11.6 Å². The van der Waals surface area contributed by atoms with Gasteiger partial charge in [-0.3, -0.25) is 0 Å². The molecule has 0 radical (unpaired) electrons. The highest BCUT2D eigenvalue weighted by Gasteiger charge is 2.08. The predicted molar refractivity (Wildman–Crippen MR) is 69.4 cm³/mol. The number of nitrogens with zero attached hydrogens (tertiary/aromatic N) is 2. The van der Waals surface area contributed by atoms with Crippen molar-refractivity contribution in [3.8, 4) is 17.4 Å². The van der Waals surface area contributed by atoms with E-state index in [0.717, 1.165) is 11.3 Å². The van der Waals surface area contributed by atoms with Crippen molar-refractivity contribution in [1.82, 2.24) is 9.97 Å². The molecule has 4 nitrogen and oxygen atoms in total. The smallest absolute Gasteiger partial charge is 0.226 e. The summed E-state index contributed by atoms with van der Waals surface area (Å²) >= 11 is 5.82. The highest BCUT2D eigenvalue weighted by Crippen LogP contribution is 2.26. The molecule has 94 valence electrons. The monoisotopic (exact) mass is 264 g/mol. The molecular formula is C13H13ClN2O2. The highest BCUT2D eigenvalue weighted by atomic mass is 35.5. The van der Waals surface area contributed by atoms with Crippen molar-refractivity contribution in [2.75, 3.05) is 7.11 Å². The number of alkyl halides is 1. The molecule has 0 aliphatic heterocycles. The van der Waals surface area contributed by atoms with Crippen molar-refractivity contribution in [3.05, 3.63) is 41.9 Å². The Kier molecular flexibility index (Phi) is 3.99. The van der Waals surface area contributed by atoms with E-state index in [1.807, 2.05) is 18.2 Å². The van der Waals surface area contributed by atoms with Crippen LogP contribution in [0, 0.1) is 6.92 Å². The van der Waals surface area contributed by atoms with Gasteiger partial charge in [0.05, 0.1) is 13.0 Å². The van der Waals surface area contributed by atoms with Crippen LogP contribution in [0.25, 0.3) is 0 Å². The van der Waals surface area contributed by atoms with Crippen molar-refractivity contribution in [2.24, 2.45) is 0 Å². The number of hydrogen-bond acceptors (Lipinski definition) is 4. The standard InChI is InChI=1S/C13H13ClN2O2/c1-9-15-8-10(7-14)13(16-9)18-12-5-3-4-11(6-12)17-2/h3-6,8H,7H2,1-2H3. The fourth-order valence-corrected chi connectivity index (χ4v) is 1.61. The summed E-state index contributed by atoms with van der Waals surface area (Å²) < 4.78 is 10.8. The number of methoxy groups -OCH3 is 1. The summed E-state index contributed by atoms with van der Waals surface area (Å²) in [5, 5.41) is 0. The number of benzene rings is 1. The lowest BCUT2D eigenvalue weighted by Gasteiger charge is -2.09. The second-order valence-electron chi connectivity index (χ2n) is 3.66. The Bertz CT molecular complexity index is 546. The molecular weight excluding hydrogens is 252 g/mol. The minimum absolute atomic E-state index is 0.305. The Morgan fingerprint density at radius 3 is 2.78 bits per heavy atom. The first-order valence-electron chi connectivity index (χ1n) is 5.43. The highest BCUT2D eigenvalue weighted by molar-refractivity contribution is 6.17. The average molecular weight is 265 g/mol. The van der Waals surface area contributed by atoms with Gasteiger partial charge in [0.15, 0.2) is 0 Å². The van der Waals surface area contributed by atoms with Gasteiger partial charge in [-0.1, -0.05) is 6.07 Å². The zero-order valence-electron chi connectivity index (χ0n) is 10.2. The summed E-state index contributed by atoms with van der Waals surface area (Å²) in [4.78, 5) is 8.32. The molecule has 0 saturated carbocycles. The van der Waals surface area contributed by atoms with Gasteiger partial charge in [0.2, 0.25) is 5.88 Å². The third-order valence-corrected chi connectivity index (χ3v) is 2.63. The first-order valence-corrected chi connectivity index (χ1v) is 5.97. The van der Waals surface area contributed by atoms with Crippen LogP contribution in [0.1, 0.15) is 11.4 Å². The average Bonchev–Trinajstić information content (AvgIpc) is 2.39. The molecule has 0 fully saturated rings. The molecule has 0 saturated heterocycles. The quantitative estimate of drug-likeness (QED) is 0.795. The lowest BCUT2D eigenvalue weighted by atomic mass is 10.3. The van der Waals surface area contributed by atoms with Crippen molar-refractivity contribution in [2.45, 2.75) is 12.8 Å². The molecule has 0 unspecified atom stereocenters. The lowest BCUT2D eigenvalue weighted by molar-refractivity contribution is 0.406. The van der Waals surface area contributed by atoms with E-state index in [-0.39, 0.29) is 0 Å². The Hall–Kier alpha value is -1.81. The molecule has 5 heteroatoms. The van der Waals surface area contributed by atoms with Gasteiger partial charge in [0.1, 0.15) is 17.3 Å². The first kappa shape index (κ1) is 12.6. The Labute approximate surface area is 111 Å². The van der Waals surface area contributed by atoms with Crippen LogP contribution in [-0.4, -0.2) is 17.1 Å². The summed E-state index contributed by atoms with van der Waals surface area (Å²) in [5.41, 5.74) is 0.755. The fourth-order valence-electron chi connectivity index (χ4n) is 1.43. The summed E-state index contributed by atoms with van der Waals surface area (Å²) in [6.07, 6.45) is 1.67. The zero-order chi connectivity index (χ0) is 13.0. The summed E-state index contributed by atoms with van der Waals surface area (Å²) in [6.45, 7) is 1.80. The van der Waals surface area contributed by atoms with E-state index in [2.05, 4.69) is 9.97 Å². The van der Waals surface area contributed by atoms with Crippen molar-refractivity contribution >= 4 is 11.6 Å². The maximum Gasteiger partial charge on any atom is 0.226 e. The Balaban J connectivity index is 2.29. The number of hydrogen-bond donors (Lipinski definition) is 0. The molecule has 2 aromatic rings. The van der Waals surface area contributed by atoms with Gasteiger partial charge in [-0.25, -0.2) is 4.98 Å². The van der Waals surface area contributed by atoms with E-state index >= 15 is 0 Å². The van der Waals surface area contributed by atoms with Crippen LogP contribution < -0.4 is 9.47 Å². The Morgan fingerprint density at radius 2 is 2.06 bits per heavy atom. The second kappa shape index (κ2) is 5.69. The van der Waals surface area contributed by atoms with Gasteiger partial charge in [0, 0.05) is 17.8 Å². The summed E-state index contributed by atoms with van der Waals surface area (Å²) in [6, 6.07) is 7.32. The summed E-state index contributed by atoms with van der Waals surface area (Å²) in [7, 11) is 1.61. The van der Waals surface area contributed by atoms with Gasteiger partial charge >= 0.3 is 0 Å². The van der Waals surface area contributed by atoms with Gasteiger partial charge in [-0.2, -0.15) is 4.98 Å². The lowest BCUT2D eigenvalue weighted by Crippen LogP contribution is -1.97. The summed E-state index contributed by atoms with van der Waals surface area (Å²) in [5.74, 6) is 2.80.